The molecule has 0 bridgehead atoms. The summed E-state index contributed by atoms with van der Waals surface area (Å²) in [5.41, 5.74) is 6.94. The molecular weight excluding hydrogens is 322 g/mol. The summed E-state index contributed by atoms with van der Waals surface area (Å²) >= 11 is 0. The SMILES string of the molecule is NC(=O)COc1ccc(NC(=O)c2ccc(-n3cncn3)cc2)cc1. The van der Waals surface area contributed by atoms with E-state index in [4.69, 9.17) is 10.5 Å². The van der Waals surface area contributed by atoms with Crippen LogP contribution in [0, 0.1) is 0 Å². The number of nitrogens with one attached hydrogen (secondary N) is 1. The van der Waals surface area contributed by atoms with Gasteiger partial charge in [-0.2, -0.15) is 5.10 Å². The minimum absolute atomic E-state index is 0.191. The zero-order chi connectivity index (χ0) is 17.6. The van der Waals surface area contributed by atoms with E-state index in [9.17, 15) is 9.59 Å². The molecule has 1 heterocycles. The second-order valence-corrected chi connectivity index (χ2v) is 5.12. The number of rotatable bonds is 6. The van der Waals surface area contributed by atoms with Crippen molar-refractivity contribution in [2.24, 2.45) is 5.73 Å². The van der Waals surface area contributed by atoms with Crippen molar-refractivity contribution in [3.63, 3.8) is 0 Å². The van der Waals surface area contributed by atoms with Crippen LogP contribution in [0.2, 0.25) is 0 Å². The monoisotopic (exact) mass is 337 g/mol. The molecule has 1 aromatic heterocycles. The maximum Gasteiger partial charge on any atom is 0.255 e. The van der Waals surface area contributed by atoms with Gasteiger partial charge in [-0.25, -0.2) is 9.67 Å². The third-order valence-corrected chi connectivity index (χ3v) is 3.31. The van der Waals surface area contributed by atoms with E-state index in [-0.39, 0.29) is 12.5 Å². The van der Waals surface area contributed by atoms with Crippen molar-refractivity contribution in [2.75, 3.05) is 11.9 Å². The van der Waals surface area contributed by atoms with Crippen molar-refractivity contribution < 1.29 is 14.3 Å². The Hall–Kier alpha value is -3.68. The standard InChI is InChI=1S/C17H15N5O3/c18-16(23)9-25-15-7-3-13(4-8-15)21-17(24)12-1-5-14(6-2-12)22-11-19-10-20-22/h1-8,10-11H,9H2,(H2,18,23)(H,21,24). The van der Waals surface area contributed by atoms with Crippen LogP contribution in [0.25, 0.3) is 5.69 Å². The second kappa shape index (κ2) is 7.26. The maximum atomic E-state index is 12.3. The van der Waals surface area contributed by atoms with Gasteiger partial charge in [0.05, 0.1) is 5.69 Å². The number of nitrogens with two attached hydrogens (primary N) is 1. The number of ether oxygens (including phenoxy) is 1. The number of hydrogen-bond acceptors (Lipinski definition) is 5. The van der Waals surface area contributed by atoms with E-state index in [1.54, 1.807) is 59.5 Å². The largest absolute Gasteiger partial charge is 0.484 e. The van der Waals surface area contributed by atoms with Crippen molar-refractivity contribution in [3.8, 4) is 11.4 Å². The first kappa shape index (κ1) is 16.2. The summed E-state index contributed by atoms with van der Waals surface area (Å²) in [6, 6.07) is 13.6. The smallest absolute Gasteiger partial charge is 0.255 e. The summed E-state index contributed by atoms with van der Waals surface area (Å²) in [5.74, 6) is -0.295. The predicted octanol–water partition coefficient (Wildman–Crippen LogP) is 1.38. The topological polar surface area (TPSA) is 112 Å². The highest BCUT2D eigenvalue weighted by atomic mass is 16.5. The highest BCUT2D eigenvalue weighted by Crippen LogP contribution is 2.17. The van der Waals surface area contributed by atoms with E-state index < -0.39 is 5.91 Å². The van der Waals surface area contributed by atoms with Crippen molar-refractivity contribution in [2.45, 2.75) is 0 Å². The van der Waals surface area contributed by atoms with Crippen LogP contribution in [0.15, 0.2) is 61.2 Å². The number of benzene rings is 2. The Bertz CT molecular complexity index is 858. The lowest BCUT2D eigenvalue weighted by atomic mass is 10.2. The molecule has 0 aliphatic carbocycles. The number of nitrogens with zero attached hydrogens (tertiary/aromatic N) is 3. The van der Waals surface area contributed by atoms with Crippen molar-refractivity contribution >= 4 is 17.5 Å². The van der Waals surface area contributed by atoms with Gasteiger partial charge in [-0.1, -0.05) is 0 Å². The van der Waals surface area contributed by atoms with Gasteiger partial charge in [0.25, 0.3) is 11.8 Å². The number of hydrogen-bond donors (Lipinski definition) is 2. The van der Waals surface area contributed by atoms with Crippen LogP contribution in [0.5, 0.6) is 5.75 Å². The molecule has 3 N–H and O–H groups in total. The first-order valence-electron chi connectivity index (χ1n) is 7.39. The molecule has 0 fully saturated rings. The number of amides is 2. The van der Waals surface area contributed by atoms with Gasteiger partial charge >= 0.3 is 0 Å². The number of primary amides is 1. The molecule has 8 nitrogen and oxygen atoms in total. The van der Waals surface area contributed by atoms with Crippen LogP contribution in [-0.2, 0) is 4.79 Å². The van der Waals surface area contributed by atoms with Gasteiger partial charge in [0.2, 0.25) is 0 Å². The summed E-state index contributed by atoms with van der Waals surface area (Å²) in [4.78, 5) is 26.8. The van der Waals surface area contributed by atoms with Gasteiger partial charge < -0.3 is 15.8 Å². The average molecular weight is 337 g/mol. The van der Waals surface area contributed by atoms with E-state index in [2.05, 4.69) is 15.4 Å². The number of carbonyl (C=O) groups excluding carboxylic acids is 2. The third kappa shape index (κ3) is 4.20. The average Bonchev–Trinajstić information content (AvgIpc) is 3.16. The molecule has 0 atom stereocenters. The van der Waals surface area contributed by atoms with E-state index >= 15 is 0 Å². The fraction of sp³-hybridized carbons (Fsp3) is 0.0588. The van der Waals surface area contributed by atoms with E-state index in [1.807, 2.05) is 0 Å². The summed E-state index contributed by atoms with van der Waals surface area (Å²) < 4.78 is 6.76. The minimum Gasteiger partial charge on any atom is -0.484 e. The van der Waals surface area contributed by atoms with Gasteiger partial charge in [0.15, 0.2) is 6.61 Å². The second-order valence-electron chi connectivity index (χ2n) is 5.12. The van der Waals surface area contributed by atoms with Crippen molar-refractivity contribution in [1.82, 2.24) is 14.8 Å². The first-order chi connectivity index (χ1) is 12.1. The normalized spacial score (nSPS) is 10.2. The van der Waals surface area contributed by atoms with Gasteiger partial charge in [-0.3, -0.25) is 9.59 Å². The molecule has 0 saturated heterocycles. The summed E-state index contributed by atoms with van der Waals surface area (Å²) in [6.07, 6.45) is 3.02. The van der Waals surface area contributed by atoms with Crippen LogP contribution < -0.4 is 15.8 Å². The molecule has 0 saturated carbocycles. The Morgan fingerprint density at radius 3 is 2.40 bits per heavy atom. The third-order valence-electron chi connectivity index (χ3n) is 3.31. The predicted molar refractivity (Wildman–Crippen MR) is 90.4 cm³/mol. The van der Waals surface area contributed by atoms with E-state index in [0.29, 0.717) is 17.0 Å². The molecular formula is C17H15N5O3. The lowest BCUT2D eigenvalue weighted by molar-refractivity contribution is -0.119. The van der Waals surface area contributed by atoms with Gasteiger partial charge in [-0.05, 0) is 48.5 Å². The first-order valence-corrected chi connectivity index (χ1v) is 7.39. The molecule has 0 unspecified atom stereocenters. The minimum atomic E-state index is -0.549. The molecule has 0 radical (unpaired) electrons. The van der Waals surface area contributed by atoms with Crippen LogP contribution in [0.4, 0.5) is 5.69 Å². The van der Waals surface area contributed by atoms with Gasteiger partial charge in [-0.15, -0.1) is 0 Å². The summed E-state index contributed by atoms with van der Waals surface area (Å²) in [7, 11) is 0. The van der Waals surface area contributed by atoms with Crippen LogP contribution in [0.3, 0.4) is 0 Å². The zero-order valence-electron chi connectivity index (χ0n) is 13.1. The highest BCUT2D eigenvalue weighted by molar-refractivity contribution is 6.04. The van der Waals surface area contributed by atoms with Crippen molar-refractivity contribution in [1.29, 1.82) is 0 Å². The van der Waals surface area contributed by atoms with Crippen LogP contribution >= 0.6 is 0 Å². The molecule has 25 heavy (non-hydrogen) atoms. The molecule has 2 aromatic carbocycles. The molecule has 0 spiro atoms. The molecule has 0 aliphatic rings. The Morgan fingerprint density at radius 1 is 1.08 bits per heavy atom. The lowest BCUT2D eigenvalue weighted by Gasteiger charge is -2.08. The number of carbonyl (C=O) groups is 2. The highest BCUT2D eigenvalue weighted by Gasteiger charge is 2.07. The molecule has 2 amide bonds. The molecule has 3 aromatic rings. The fourth-order valence-corrected chi connectivity index (χ4v) is 2.10. The quantitative estimate of drug-likeness (QED) is 0.706. The van der Waals surface area contributed by atoms with Crippen LogP contribution in [-0.4, -0.2) is 33.2 Å². The Labute approximate surface area is 143 Å². The summed E-state index contributed by atoms with van der Waals surface area (Å²) in [5, 5.41) is 6.81. The van der Waals surface area contributed by atoms with E-state index in [1.165, 1.54) is 6.33 Å². The fourth-order valence-electron chi connectivity index (χ4n) is 2.10. The number of aromatic nitrogens is 3. The van der Waals surface area contributed by atoms with Crippen molar-refractivity contribution in [3.05, 3.63) is 66.7 Å². The molecule has 3 rings (SSSR count). The van der Waals surface area contributed by atoms with Gasteiger partial charge in [0.1, 0.15) is 18.4 Å². The zero-order valence-corrected chi connectivity index (χ0v) is 13.1. The summed E-state index contributed by atoms with van der Waals surface area (Å²) in [6.45, 7) is -0.191. The van der Waals surface area contributed by atoms with Crippen LogP contribution in [0.1, 0.15) is 10.4 Å². The Kier molecular flexibility index (Phi) is 4.70. The lowest BCUT2D eigenvalue weighted by Crippen LogP contribution is -2.20. The Balaban J connectivity index is 1.62. The molecule has 8 heteroatoms. The maximum absolute atomic E-state index is 12.3. The van der Waals surface area contributed by atoms with E-state index in [0.717, 1.165) is 5.69 Å². The van der Waals surface area contributed by atoms with Gasteiger partial charge in [0, 0.05) is 11.3 Å². The molecule has 126 valence electrons. The Morgan fingerprint density at radius 2 is 1.80 bits per heavy atom. The number of anilines is 1. The molecule has 0 aliphatic heterocycles.